The molecule has 0 bridgehead atoms. The van der Waals surface area contributed by atoms with Crippen LogP contribution in [0.3, 0.4) is 0 Å². The molecule has 8 aromatic rings. The molecule has 8 rings (SSSR count). The lowest BCUT2D eigenvalue weighted by Crippen LogP contribution is -2.30. The number of ether oxygens (including phenoxy) is 2. The molecule has 4 heterocycles. The van der Waals surface area contributed by atoms with Crippen molar-refractivity contribution in [2.45, 2.75) is 39.5 Å². The van der Waals surface area contributed by atoms with Gasteiger partial charge in [-0.3, -0.25) is 19.0 Å². The highest BCUT2D eigenvalue weighted by atomic mass is 79.9. The lowest BCUT2D eigenvalue weighted by molar-refractivity contribution is 0.102. The zero-order valence-corrected chi connectivity index (χ0v) is 45.3. The summed E-state index contributed by atoms with van der Waals surface area (Å²) < 4.78 is 123. The molecule has 16 nitrogen and oxygen atoms in total. The van der Waals surface area contributed by atoms with Crippen LogP contribution in [-0.2, 0) is 20.0 Å². The van der Waals surface area contributed by atoms with Crippen molar-refractivity contribution in [3.63, 3.8) is 0 Å². The number of nitrogens with zero attached hydrogens (tertiary/aromatic N) is 2. The van der Waals surface area contributed by atoms with Crippen molar-refractivity contribution in [3.05, 3.63) is 158 Å². The van der Waals surface area contributed by atoms with Crippen molar-refractivity contribution >= 4 is 117 Å². The Bertz CT molecular complexity index is 3710. The molecule has 6 N–H and O–H groups in total. The Balaban J connectivity index is 0.000000443. The average molecular weight is 1200 g/mol. The summed E-state index contributed by atoms with van der Waals surface area (Å²) in [6.45, 7) is 3.63. The molecular weight excluding hydrogens is 1150 g/mol. The van der Waals surface area contributed by atoms with Crippen LogP contribution < -0.4 is 24.4 Å². The van der Waals surface area contributed by atoms with Crippen LogP contribution in [-0.4, -0.2) is 91.2 Å². The maximum absolute atomic E-state index is 15.3. The number of carbonyl (C=O) groups excluding carboxylic acids is 2. The summed E-state index contributed by atoms with van der Waals surface area (Å²) in [5.41, 5.74) is -0.532. The number of aromatic amines is 2. The minimum atomic E-state index is -3.87. The maximum atomic E-state index is 15.3. The Kier molecular flexibility index (Phi) is 19.7. The Morgan fingerprint density at radius 2 is 1.14 bits per heavy atom. The van der Waals surface area contributed by atoms with Crippen LogP contribution >= 0.6 is 39.1 Å². The molecular formula is C50H54BBrCl2F4N6O10S2. The molecule has 0 saturated carbocycles. The molecule has 4 aromatic heterocycles. The zero-order chi connectivity index (χ0) is 55.6. The van der Waals surface area contributed by atoms with E-state index in [2.05, 4.69) is 45.3 Å². The summed E-state index contributed by atoms with van der Waals surface area (Å²) >= 11 is 15.3. The summed E-state index contributed by atoms with van der Waals surface area (Å²) in [5, 5.41) is 19.0. The number of rotatable bonds is 18. The third-order valence-electron chi connectivity index (χ3n) is 11.2. The molecule has 26 heteroatoms. The Morgan fingerprint density at radius 3 is 1.59 bits per heavy atom. The van der Waals surface area contributed by atoms with Gasteiger partial charge in [-0.05, 0) is 95.5 Å². The number of aromatic nitrogens is 4. The fourth-order valence-electron chi connectivity index (χ4n) is 7.26. The van der Waals surface area contributed by atoms with Gasteiger partial charge in [-0.15, -0.1) is 0 Å². The third-order valence-corrected chi connectivity index (χ3v) is 15.0. The number of carbonyl (C=O) groups is 2. The molecule has 0 saturated heterocycles. The molecule has 4 aromatic carbocycles. The van der Waals surface area contributed by atoms with E-state index in [0.717, 1.165) is 24.3 Å². The molecule has 0 atom stereocenters. The second kappa shape index (κ2) is 25.5. The van der Waals surface area contributed by atoms with Gasteiger partial charge in [0.1, 0.15) is 34.4 Å². The molecule has 0 unspecified atom stereocenters. The van der Waals surface area contributed by atoms with E-state index < -0.39 is 84.5 Å². The predicted octanol–water partition coefficient (Wildman–Crippen LogP) is 11.3. The van der Waals surface area contributed by atoms with E-state index in [0.29, 0.717) is 79.9 Å². The summed E-state index contributed by atoms with van der Waals surface area (Å²) in [5.74, 6) is -5.93. The van der Waals surface area contributed by atoms with Crippen LogP contribution in [0.2, 0.25) is 10.0 Å². The molecule has 0 fully saturated rings. The number of hydrogen-bond acceptors (Lipinski definition) is 12. The first-order valence-corrected chi connectivity index (χ1v) is 27.6. The molecule has 0 radical (unpaired) electrons. The highest BCUT2D eigenvalue weighted by Gasteiger charge is 2.28. The first-order chi connectivity index (χ1) is 36.0. The van der Waals surface area contributed by atoms with Gasteiger partial charge in [-0.2, -0.15) is 0 Å². The van der Waals surface area contributed by atoms with Crippen LogP contribution in [0.25, 0.3) is 33.2 Å². The predicted molar refractivity (Wildman–Crippen MR) is 297 cm³/mol. The topological polar surface area (TPSA) is 243 Å². The number of nitrogens with one attached hydrogen (secondary N) is 4. The Hall–Kier alpha value is -6.54. The van der Waals surface area contributed by atoms with Crippen molar-refractivity contribution in [3.8, 4) is 22.6 Å². The van der Waals surface area contributed by atoms with Crippen molar-refractivity contribution < 1.29 is 69.2 Å². The van der Waals surface area contributed by atoms with E-state index in [1.807, 2.05) is 13.8 Å². The number of anilines is 2. The number of methoxy groups -OCH3 is 2. The smallest absolute Gasteiger partial charge is 0.489 e. The van der Waals surface area contributed by atoms with Gasteiger partial charge in [-0.25, -0.2) is 44.4 Å². The van der Waals surface area contributed by atoms with Gasteiger partial charge < -0.3 is 29.5 Å². The van der Waals surface area contributed by atoms with Gasteiger partial charge >= 0.3 is 7.12 Å². The molecule has 408 valence electrons. The number of halogens is 7. The van der Waals surface area contributed by atoms with Crippen LogP contribution in [0.1, 0.15) is 77.1 Å². The first kappa shape index (κ1) is 58.7. The lowest BCUT2D eigenvalue weighted by Gasteiger charge is -2.12. The van der Waals surface area contributed by atoms with Gasteiger partial charge in [0, 0.05) is 78.5 Å². The number of unbranched alkanes of at least 4 members (excludes halogenated alkanes) is 2. The summed E-state index contributed by atoms with van der Waals surface area (Å²) in [4.78, 5) is 40.1. The van der Waals surface area contributed by atoms with Crippen molar-refractivity contribution in [1.82, 2.24) is 19.9 Å². The SMILES string of the molecule is CCCCS(=O)(=O)Nc1ccc(F)c(C(=O)c2c[nH]c3ncc(-c4ccc(OC)cc4Cl)cc23)c1F.CCCCS(=O)(=O)Nc1ccc(F)c(C(=O)c2c[nH]c3ncc(Br)cc23)c1F.COc1ccc(B(O)O)c(Cl)c1.[HH].[HH].[HH].[HH]. The van der Waals surface area contributed by atoms with E-state index in [4.69, 9.17) is 42.7 Å². The lowest BCUT2D eigenvalue weighted by atomic mass is 9.80. The number of H-pyrrole nitrogens is 2. The summed E-state index contributed by atoms with van der Waals surface area (Å²) in [7, 11) is -6.19. The third kappa shape index (κ3) is 14.1. The monoisotopic (exact) mass is 1200 g/mol. The molecule has 0 aliphatic rings. The van der Waals surface area contributed by atoms with Crippen LogP contribution in [0, 0.1) is 23.3 Å². The van der Waals surface area contributed by atoms with Gasteiger partial charge in [0.15, 0.2) is 11.6 Å². The number of ketones is 2. The molecule has 0 spiro atoms. The maximum Gasteiger partial charge on any atom is 0.489 e. The summed E-state index contributed by atoms with van der Waals surface area (Å²) in [6.07, 6.45) is 7.69. The van der Waals surface area contributed by atoms with E-state index in [1.54, 1.807) is 42.6 Å². The van der Waals surface area contributed by atoms with E-state index in [1.165, 1.54) is 44.9 Å². The Labute approximate surface area is 458 Å². The molecule has 0 aliphatic heterocycles. The first-order valence-electron chi connectivity index (χ1n) is 22.7. The quantitative estimate of drug-likeness (QED) is 0.0267. The largest absolute Gasteiger partial charge is 0.497 e. The Morgan fingerprint density at radius 1 is 0.684 bits per heavy atom. The van der Waals surface area contributed by atoms with E-state index in [9.17, 15) is 39.6 Å². The van der Waals surface area contributed by atoms with Crippen LogP contribution in [0.4, 0.5) is 28.9 Å². The molecule has 0 aliphatic carbocycles. The van der Waals surface area contributed by atoms with Gasteiger partial charge in [0.05, 0.1) is 53.2 Å². The fourth-order valence-corrected chi connectivity index (χ4v) is 10.7. The van der Waals surface area contributed by atoms with Crippen molar-refractivity contribution in [2.75, 3.05) is 35.2 Å². The fraction of sp³-hybridized carbons (Fsp3) is 0.200. The number of pyridine rings is 2. The van der Waals surface area contributed by atoms with Crippen LogP contribution in [0.5, 0.6) is 11.5 Å². The second-order valence-electron chi connectivity index (χ2n) is 16.5. The van der Waals surface area contributed by atoms with E-state index >= 15 is 4.39 Å². The molecule has 76 heavy (non-hydrogen) atoms. The van der Waals surface area contributed by atoms with Gasteiger partial charge in [0.2, 0.25) is 31.6 Å². The minimum Gasteiger partial charge on any atom is -0.497 e. The molecule has 0 amide bonds. The van der Waals surface area contributed by atoms with Gasteiger partial charge in [0.25, 0.3) is 0 Å². The number of benzene rings is 4. The van der Waals surface area contributed by atoms with Crippen molar-refractivity contribution in [2.24, 2.45) is 0 Å². The zero-order valence-electron chi connectivity index (χ0n) is 40.6. The highest BCUT2D eigenvalue weighted by Crippen LogP contribution is 2.35. The normalized spacial score (nSPS) is 11.3. The average Bonchev–Trinajstić information content (AvgIpc) is 4.03. The summed E-state index contributed by atoms with van der Waals surface area (Å²) in [6, 6.07) is 16.6. The standard InChI is InChI=1S/C25H22ClF2N3O4S.C18H16BrF2N3O3S.C7H8BClO3.4H2/c1-3-4-9-36(33,34)31-21-8-7-20(27)22(23(21)28)24(32)18-13-30-25-17(18)10-14(12-29-25)16-6-5-15(35-2)11-19(16)26;1-2-3-6-28(26,27)24-14-5-4-13(20)15(16(14)21)17(25)12-9-23-18-11(12)7-10(19)8-22-18;1-12-5-2-3-6(8(10)11)7(9)4-5;;;;/h5-8,10-13,31H,3-4,9H2,1-2H3,(H,29,30);4-5,7-9,24H,2-3,6H2,1H3,(H,22,23);2-4,10-11H,1H3;4*1H. The highest BCUT2D eigenvalue weighted by molar-refractivity contribution is 9.10. The number of fused-ring (bicyclic) bond motifs is 2. The second-order valence-corrected chi connectivity index (χ2v) is 21.9. The van der Waals surface area contributed by atoms with Crippen LogP contribution in [0.15, 0.2) is 102 Å². The van der Waals surface area contributed by atoms with Gasteiger partial charge in [-0.1, -0.05) is 56.0 Å². The minimum absolute atomic E-state index is 0. The number of hydrogen-bond donors (Lipinski definition) is 6. The van der Waals surface area contributed by atoms with Crippen molar-refractivity contribution in [1.29, 1.82) is 0 Å². The number of sulfonamides is 2. The van der Waals surface area contributed by atoms with E-state index in [-0.39, 0.29) is 38.8 Å².